The minimum absolute atomic E-state index is 0.0601. The Morgan fingerprint density at radius 1 is 1.13 bits per heavy atom. The van der Waals surface area contributed by atoms with Crippen molar-refractivity contribution in [3.8, 4) is 28.0 Å². The second-order valence-electron chi connectivity index (χ2n) is 8.79. The van der Waals surface area contributed by atoms with Crippen molar-refractivity contribution >= 4 is 44.4 Å². The summed E-state index contributed by atoms with van der Waals surface area (Å²) >= 11 is 1.48. The number of anilines is 1. The number of carbonyl (C=O) groups is 1. The molecule has 11 nitrogen and oxygen atoms in total. The Hall–Kier alpha value is -4.58. The summed E-state index contributed by atoms with van der Waals surface area (Å²) in [5.74, 6) is 2.13. The van der Waals surface area contributed by atoms with E-state index in [0.29, 0.717) is 28.9 Å². The van der Waals surface area contributed by atoms with Crippen molar-refractivity contribution in [1.29, 1.82) is 0 Å². The quantitative estimate of drug-likeness (QED) is 0.342. The fourth-order valence-corrected chi connectivity index (χ4v) is 5.38. The largest absolute Gasteiger partial charge is 0.484 e. The average molecular weight is 531 g/mol. The first kappa shape index (κ1) is 23.8. The molecule has 12 heteroatoms. The van der Waals surface area contributed by atoms with Gasteiger partial charge >= 0.3 is 6.09 Å². The maximum absolute atomic E-state index is 11.9. The van der Waals surface area contributed by atoms with Crippen LogP contribution in [0.15, 0.2) is 42.9 Å². The van der Waals surface area contributed by atoms with E-state index < -0.39 is 12.2 Å². The number of aromatic nitrogens is 5. The maximum Gasteiger partial charge on any atom is 0.412 e. The number of methoxy groups -OCH3 is 1. The molecule has 0 fully saturated rings. The molecule has 4 heterocycles. The molecule has 0 aliphatic carbocycles. The van der Waals surface area contributed by atoms with E-state index in [0.717, 1.165) is 42.3 Å². The molecular weight excluding hydrogens is 508 g/mol. The lowest BCUT2D eigenvalue weighted by atomic mass is 10.1. The molecule has 6 rings (SSSR count). The molecule has 3 aromatic heterocycles. The summed E-state index contributed by atoms with van der Waals surface area (Å²) in [5.41, 5.74) is 4.50. The highest BCUT2D eigenvalue weighted by molar-refractivity contribution is 7.22. The number of hydrogen-bond acceptors (Lipinski definition) is 10. The minimum atomic E-state index is -1.12. The van der Waals surface area contributed by atoms with E-state index in [1.807, 2.05) is 25.1 Å². The standard InChI is InChI=1S/C26H22N6O5S/c1-13-6-17(22-19(7-13)30-21(35-3)10-29-22)25-31-18-4-5-20-23(24(18)38-25)36-12-16(37-20)11-32(26(33)34)15-8-27-14(2)28-9-15/h4-10,16H,11-12H2,1-3H3,(H,33,34)/t16-/m1/s1. The summed E-state index contributed by atoms with van der Waals surface area (Å²) < 4.78 is 18.4. The van der Waals surface area contributed by atoms with Gasteiger partial charge in [-0.05, 0) is 43.7 Å². The van der Waals surface area contributed by atoms with Gasteiger partial charge in [0.2, 0.25) is 5.88 Å². The van der Waals surface area contributed by atoms with Crippen LogP contribution in [-0.2, 0) is 0 Å². The number of hydrogen-bond donors (Lipinski definition) is 1. The first-order chi connectivity index (χ1) is 18.4. The van der Waals surface area contributed by atoms with Gasteiger partial charge in [-0.25, -0.2) is 29.7 Å². The van der Waals surface area contributed by atoms with Gasteiger partial charge in [-0.15, -0.1) is 11.3 Å². The number of thiazole rings is 1. The van der Waals surface area contributed by atoms with Gasteiger partial charge in [0.05, 0.1) is 54.5 Å². The summed E-state index contributed by atoms with van der Waals surface area (Å²) in [6.07, 6.45) is 2.91. The van der Waals surface area contributed by atoms with E-state index in [1.165, 1.54) is 23.7 Å². The van der Waals surface area contributed by atoms with Crippen LogP contribution >= 0.6 is 11.3 Å². The van der Waals surface area contributed by atoms with Crippen LogP contribution in [0.1, 0.15) is 11.4 Å². The van der Waals surface area contributed by atoms with E-state index in [1.54, 1.807) is 26.3 Å². The number of nitrogens with zero attached hydrogens (tertiary/aromatic N) is 6. The fraction of sp³-hybridized carbons (Fsp3) is 0.231. The van der Waals surface area contributed by atoms with E-state index in [-0.39, 0.29) is 13.2 Å². The predicted molar refractivity (Wildman–Crippen MR) is 141 cm³/mol. The fourth-order valence-electron chi connectivity index (χ4n) is 4.31. The van der Waals surface area contributed by atoms with Gasteiger partial charge in [0.25, 0.3) is 0 Å². The zero-order valence-corrected chi connectivity index (χ0v) is 21.5. The SMILES string of the molecule is COc1cnc2c(-c3nc4ccc5c(c4s3)OC[C@@H](CN(C(=O)O)c3cnc(C)nc3)O5)cc(C)cc2n1. The van der Waals surface area contributed by atoms with Gasteiger partial charge in [0, 0.05) is 5.56 Å². The van der Waals surface area contributed by atoms with E-state index in [9.17, 15) is 9.90 Å². The first-order valence-electron chi connectivity index (χ1n) is 11.7. The van der Waals surface area contributed by atoms with Crippen LogP contribution in [0.2, 0.25) is 0 Å². The minimum Gasteiger partial charge on any atom is -0.484 e. The van der Waals surface area contributed by atoms with E-state index in [4.69, 9.17) is 19.2 Å². The van der Waals surface area contributed by atoms with Crippen molar-refractivity contribution in [2.24, 2.45) is 0 Å². The first-order valence-corrected chi connectivity index (χ1v) is 12.5. The Bertz CT molecular complexity index is 1690. The van der Waals surface area contributed by atoms with Crippen molar-refractivity contribution in [2.75, 3.05) is 25.2 Å². The molecule has 5 aromatic rings. The number of amides is 1. The van der Waals surface area contributed by atoms with Gasteiger partial charge in [0.1, 0.15) is 22.1 Å². The zero-order valence-electron chi connectivity index (χ0n) is 20.7. The van der Waals surface area contributed by atoms with E-state index >= 15 is 0 Å². The van der Waals surface area contributed by atoms with Crippen molar-refractivity contribution in [1.82, 2.24) is 24.9 Å². The van der Waals surface area contributed by atoms with Gasteiger partial charge in [0.15, 0.2) is 17.6 Å². The highest BCUT2D eigenvalue weighted by atomic mass is 32.1. The smallest absolute Gasteiger partial charge is 0.412 e. The van der Waals surface area contributed by atoms with Crippen molar-refractivity contribution in [3.63, 3.8) is 0 Å². The highest BCUT2D eigenvalue weighted by Gasteiger charge is 2.29. The third-order valence-electron chi connectivity index (χ3n) is 6.09. The molecule has 1 atom stereocenters. The second kappa shape index (κ2) is 9.38. The van der Waals surface area contributed by atoms with E-state index in [2.05, 4.69) is 19.9 Å². The van der Waals surface area contributed by atoms with Gasteiger partial charge in [-0.2, -0.15) is 0 Å². The van der Waals surface area contributed by atoms with Crippen molar-refractivity contribution in [3.05, 3.63) is 54.2 Å². The summed E-state index contributed by atoms with van der Waals surface area (Å²) in [5, 5.41) is 10.5. The topological polar surface area (TPSA) is 133 Å². The molecule has 2 aromatic carbocycles. The molecule has 1 aliphatic heterocycles. The number of rotatable bonds is 5. The molecule has 0 radical (unpaired) electrons. The van der Waals surface area contributed by atoms with Gasteiger partial charge < -0.3 is 19.3 Å². The molecule has 1 amide bonds. The Labute approximate surface area is 220 Å². The summed E-state index contributed by atoms with van der Waals surface area (Å²) in [6, 6.07) is 7.67. The number of fused-ring (bicyclic) bond motifs is 4. The van der Waals surface area contributed by atoms with Crippen LogP contribution in [0.4, 0.5) is 10.5 Å². The zero-order chi connectivity index (χ0) is 26.4. The lowest BCUT2D eigenvalue weighted by Gasteiger charge is -2.30. The highest BCUT2D eigenvalue weighted by Crippen LogP contribution is 2.44. The number of carboxylic acid groups (broad SMARTS) is 1. The van der Waals surface area contributed by atoms with Crippen LogP contribution in [0, 0.1) is 13.8 Å². The van der Waals surface area contributed by atoms with Crippen molar-refractivity contribution in [2.45, 2.75) is 20.0 Å². The molecule has 192 valence electrons. The normalized spacial score (nSPS) is 14.6. The summed E-state index contributed by atoms with van der Waals surface area (Å²) in [7, 11) is 1.56. The van der Waals surface area contributed by atoms with Gasteiger partial charge in [-0.3, -0.25) is 4.90 Å². The molecule has 0 spiro atoms. The van der Waals surface area contributed by atoms with Crippen LogP contribution in [0.3, 0.4) is 0 Å². The molecule has 0 saturated heterocycles. The van der Waals surface area contributed by atoms with Gasteiger partial charge in [-0.1, -0.05) is 0 Å². The predicted octanol–water partition coefficient (Wildman–Crippen LogP) is 4.65. The molecular formula is C26H22N6O5S. The number of ether oxygens (including phenoxy) is 3. The lowest BCUT2D eigenvalue weighted by molar-refractivity contribution is 0.0961. The molecule has 1 N–H and O–H groups in total. The van der Waals surface area contributed by atoms with Crippen molar-refractivity contribution < 1.29 is 24.1 Å². The molecule has 0 unspecified atom stereocenters. The molecule has 0 bridgehead atoms. The Balaban J connectivity index is 1.31. The summed E-state index contributed by atoms with van der Waals surface area (Å²) in [4.78, 5) is 35.2. The third kappa shape index (κ3) is 4.28. The summed E-state index contributed by atoms with van der Waals surface area (Å²) in [6.45, 7) is 3.97. The number of benzene rings is 2. The number of aryl methyl sites for hydroxylation is 2. The van der Waals surface area contributed by atoms with Crippen LogP contribution in [-0.4, -0.2) is 62.5 Å². The third-order valence-corrected chi connectivity index (χ3v) is 7.19. The monoisotopic (exact) mass is 530 g/mol. The second-order valence-corrected chi connectivity index (χ2v) is 9.78. The molecule has 1 aliphatic rings. The van der Waals surface area contributed by atoms with Crippen LogP contribution in [0.25, 0.3) is 31.8 Å². The van der Waals surface area contributed by atoms with Crippen LogP contribution < -0.4 is 19.1 Å². The van der Waals surface area contributed by atoms with Crippen LogP contribution in [0.5, 0.6) is 17.4 Å². The Morgan fingerprint density at radius 2 is 1.95 bits per heavy atom. The Morgan fingerprint density at radius 3 is 2.71 bits per heavy atom. The molecule has 38 heavy (non-hydrogen) atoms. The Kier molecular flexibility index (Phi) is 5.87. The average Bonchev–Trinajstić information content (AvgIpc) is 3.36. The lowest BCUT2D eigenvalue weighted by Crippen LogP contribution is -2.43. The molecule has 0 saturated carbocycles. The maximum atomic E-state index is 11.9.